The van der Waals surface area contributed by atoms with E-state index in [0.717, 1.165) is 4.68 Å². The molecule has 0 fully saturated rings. The van der Waals surface area contributed by atoms with Gasteiger partial charge in [-0.1, -0.05) is 23.7 Å². The maximum Gasteiger partial charge on any atom is 0.284 e. The van der Waals surface area contributed by atoms with Gasteiger partial charge in [0.25, 0.3) is 11.5 Å². The first kappa shape index (κ1) is 21.3. The Morgan fingerprint density at radius 3 is 2.53 bits per heavy atom. The predicted octanol–water partition coefficient (Wildman–Crippen LogP) is 1.49. The first-order valence-electron chi connectivity index (χ1n) is 9.15. The minimum absolute atomic E-state index is 0.0655. The second-order valence-electron chi connectivity index (χ2n) is 6.74. The van der Waals surface area contributed by atoms with E-state index in [1.54, 1.807) is 44.6 Å². The number of aryl methyl sites for hydroxylation is 1. The molecule has 0 unspecified atom stereocenters. The highest BCUT2D eigenvalue weighted by atomic mass is 35.5. The second kappa shape index (κ2) is 8.91. The van der Waals surface area contributed by atoms with E-state index in [2.05, 4.69) is 15.5 Å². The van der Waals surface area contributed by atoms with Crippen molar-refractivity contribution < 1.29 is 9.59 Å². The molecule has 0 aliphatic carbocycles. The van der Waals surface area contributed by atoms with Crippen LogP contribution in [0.1, 0.15) is 17.3 Å². The lowest BCUT2D eigenvalue weighted by atomic mass is 10.1. The van der Waals surface area contributed by atoms with E-state index >= 15 is 0 Å². The van der Waals surface area contributed by atoms with Crippen molar-refractivity contribution in [2.45, 2.75) is 6.92 Å². The van der Waals surface area contributed by atoms with Gasteiger partial charge in [-0.05, 0) is 18.2 Å². The molecule has 2 amide bonds. The zero-order chi connectivity index (χ0) is 21.8. The fourth-order valence-corrected chi connectivity index (χ4v) is 2.83. The molecule has 3 rings (SSSR count). The van der Waals surface area contributed by atoms with Crippen LogP contribution in [0, 0.1) is 0 Å². The summed E-state index contributed by atoms with van der Waals surface area (Å²) in [6.45, 7) is 1.97. The molecule has 9 nitrogen and oxygen atoms in total. The van der Waals surface area contributed by atoms with E-state index < -0.39 is 11.5 Å². The number of nitrogens with zero attached hydrogens (tertiary/aromatic N) is 5. The summed E-state index contributed by atoms with van der Waals surface area (Å²) in [5.74, 6) is -0.663. The highest BCUT2D eigenvalue weighted by molar-refractivity contribution is 6.30. The van der Waals surface area contributed by atoms with Crippen molar-refractivity contribution in [3.63, 3.8) is 0 Å². The average molecular weight is 429 g/mol. The standard InChI is InChI=1S/C20H21ClN6O3/c1-13(28)25(2)9-8-22-19(29)17-10-18(14-4-6-15(21)7-5-14)24-27(20(17)30)16-11-23-26(3)12-16/h4-7,10-12H,8-9H2,1-3H3,(H,22,29). The van der Waals surface area contributed by atoms with Gasteiger partial charge < -0.3 is 10.2 Å². The number of carbonyl (C=O) groups excluding carboxylic acids is 2. The van der Waals surface area contributed by atoms with E-state index in [4.69, 9.17) is 11.6 Å². The molecule has 0 radical (unpaired) electrons. The summed E-state index contributed by atoms with van der Waals surface area (Å²) in [5, 5.41) is 11.7. The minimum Gasteiger partial charge on any atom is -0.350 e. The molecule has 1 aromatic carbocycles. The molecule has 0 aliphatic heterocycles. The molecule has 10 heteroatoms. The van der Waals surface area contributed by atoms with Gasteiger partial charge in [0.1, 0.15) is 11.3 Å². The highest BCUT2D eigenvalue weighted by Crippen LogP contribution is 2.20. The topological polar surface area (TPSA) is 102 Å². The molecule has 156 valence electrons. The summed E-state index contributed by atoms with van der Waals surface area (Å²) in [6.07, 6.45) is 3.12. The molecule has 2 aromatic heterocycles. The molecule has 0 saturated carbocycles. The first-order valence-corrected chi connectivity index (χ1v) is 9.53. The molecule has 0 aliphatic rings. The summed E-state index contributed by atoms with van der Waals surface area (Å²) in [6, 6.07) is 8.37. The Morgan fingerprint density at radius 2 is 1.93 bits per heavy atom. The van der Waals surface area contributed by atoms with Crippen molar-refractivity contribution in [3.8, 4) is 16.9 Å². The van der Waals surface area contributed by atoms with Gasteiger partial charge >= 0.3 is 0 Å². The van der Waals surface area contributed by atoms with Gasteiger partial charge in [0.15, 0.2) is 0 Å². The maximum atomic E-state index is 13.0. The smallest absolute Gasteiger partial charge is 0.284 e. The van der Waals surface area contributed by atoms with Crippen molar-refractivity contribution in [3.05, 3.63) is 63.7 Å². The lowest BCUT2D eigenvalue weighted by molar-refractivity contribution is -0.127. The van der Waals surface area contributed by atoms with Gasteiger partial charge in [0.2, 0.25) is 5.91 Å². The highest BCUT2D eigenvalue weighted by Gasteiger charge is 2.18. The number of rotatable bonds is 6. The van der Waals surface area contributed by atoms with Crippen molar-refractivity contribution in [2.75, 3.05) is 20.1 Å². The van der Waals surface area contributed by atoms with E-state index in [9.17, 15) is 14.4 Å². The van der Waals surface area contributed by atoms with E-state index in [0.29, 0.717) is 28.5 Å². The molecular formula is C20H21ClN6O3. The summed E-state index contributed by atoms with van der Waals surface area (Å²) in [5.41, 5.74) is 0.926. The molecule has 30 heavy (non-hydrogen) atoms. The van der Waals surface area contributed by atoms with E-state index in [1.165, 1.54) is 28.8 Å². The quantitative estimate of drug-likeness (QED) is 0.641. The van der Waals surface area contributed by atoms with Crippen molar-refractivity contribution >= 4 is 23.4 Å². The van der Waals surface area contributed by atoms with Crippen LogP contribution in [-0.2, 0) is 11.8 Å². The Labute approximate surface area is 177 Å². The largest absolute Gasteiger partial charge is 0.350 e. The summed E-state index contributed by atoms with van der Waals surface area (Å²) >= 11 is 5.96. The molecule has 0 atom stereocenters. The number of amides is 2. The number of hydrogen-bond donors (Lipinski definition) is 1. The van der Waals surface area contributed by atoms with Crippen molar-refractivity contribution in [2.24, 2.45) is 7.05 Å². The van der Waals surface area contributed by atoms with Gasteiger partial charge in [-0.3, -0.25) is 19.1 Å². The lowest BCUT2D eigenvalue weighted by Gasteiger charge is -2.15. The second-order valence-corrected chi connectivity index (χ2v) is 7.17. The number of aromatic nitrogens is 4. The van der Waals surface area contributed by atoms with Crippen LogP contribution in [0.3, 0.4) is 0 Å². The van der Waals surface area contributed by atoms with Crippen molar-refractivity contribution in [1.29, 1.82) is 0 Å². The SMILES string of the molecule is CC(=O)N(C)CCNC(=O)c1cc(-c2ccc(Cl)cc2)nn(-c2cnn(C)c2)c1=O. The third kappa shape index (κ3) is 4.74. The van der Waals surface area contributed by atoms with Crippen LogP contribution in [0.2, 0.25) is 5.02 Å². The summed E-state index contributed by atoms with van der Waals surface area (Å²) in [4.78, 5) is 38.5. The molecule has 2 heterocycles. The van der Waals surface area contributed by atoms with E-state index in [1.807, 2.05) is 0 Å². The number of likely N-dealkylation sites (N-methyl/N-ethyl adjacent to an activating group) is 1. The normalized spacial score (nSPS) is 10.7. The molecule has 0 bridgehead atoms. The Hall–Kier alpha value is -3.46. The third-order valence-corrected chi connectivity index (χ3v) is 4.75. The molecule has 1 N–H and O–H groups in total. The number of hydrogen-bond acceptors (Lipinski definition) is 5. The summed E-state index contributed by atoms with van der Waals surface area (Å²) < 4.78 is 2.68. The zero-order valence-corrected chi connectivity index (χ0v) is 17.6. The summed E-state index contributed by atoms with van der Waals surface area (Å²) in [7, 11) is 3.35. The Morgan fingerprint density at radius 1 is 1.23 bits per heavy atom. The molecule has 0 saturated heterocycles. The van der Waals surface area contributed by atoms with E-state index in [-0.39, 0.29) is 18.0 Å². The molecular weight excluding hydrogens is 408 g/mol. The van der Waals surface area contributed by atoms with Crippen LogP contribution in [-0.4, -0.2) is 56.4 Å². The fourth-order valence-electron chi connectivity index (χ4n) is 2.70. The van der Waals surface area contributed by atoms with Crippen LogP contribution >= 0.6 is 11.6 Å². The van der Waals surface area contributed by atoms with Gasteiger partial charge in [-0.2, -0.15) is 14.9 Å². The Kier molecular flexibility index (Phi) is 6.31. The zero-order valence-electron chi connectivity index (χ0n) is 16.8. The third-order valence-electron chi connectivity index (χ3n) is 4.50. The molecule has 3 aromatic rings. The average Bonchev–Trinajstić information content (AvgIpc) is 3.14. The Bertz CT molecular complexity index is 1140. The van der Waals surface area contributed by atoms with Crippen LogP contribution in [0.25, 0.3) is 16.9 Å². The molecule has 0 spiro atoms. The monoisotopic (exact) mass is 428 g/mol. The van der Waals surface area contributed by atoms with Crippen LogP contribution in [0.4, 0.5) is 0 Å². The van der Waals surface area contributed by atoms with Crippen molar-refractivity contribution in [1.82, 2.24) is 29.8 Å². The fraction of sp³-hybridized carbons (Fsp3) is 0.250. The van der Waals surface area contributed by atoms with Crippen LogP contribution in [0.5, 0.6) is 0 Å². The Balaban J connectivity index is 1.99. The van der Waals surface area contributed by atoms with Crippen LogP contribution in [0.15, 0.2) is 47.5 Å². The van der Waals surface area contributed by atoms with Gasteiger partial charge in [-0.25, -0.2) is 0 Å². The number of carbonyl (C=O) groups is 2. The number of benzene rings is 1. The van der Waals surface area contributed by atoms with Gasteiger partial charge in [0, 0.05) is 44.7 Å². The number of nitrogens with one attached hydrogen (secondary N) is 1. The predicted molar refractivity (Wildman–Crippen MR) is 113 cm³/mol. The van der Waals surface area contributed by atoms with Gasteiger partial charge in [0.05, 0.1) is 18.1 Å². The van der Waals surface area contributed by atoms with Crippen LogP contribution < -0.4 is 10.9 Å². The maximum absolute atomic E-state index is 13.0. The minimum atomic E-state index is -0.571. The van der Waals surface area contributed by atoms with Gasteiger partial charge in [-0.15, -0.1) is 0 Å². The first-order chi connectivity index (χ1) is 14.3. The lowest BCUT2D eigenvalue weighted by Crippen LogP contribution is -2.38. The number of halogens is 1.